The number of benzene rings is 2. The van der Waals surface area contributed by atoms with E-state index in [9.17, 15) is 4.79 Å². The van der Waals surface area contributed by atoms with Crippen molar-refractivity contribution in [2.24, 2.45) is 0 Å². The maximum atomic E-state index is 12.7. The summed E-state index contributed by atoms with van der Waals surface area (Å²) >= 11 is 1.74. The third-order valence-corrected chi connectivity index (χ3v) is 5.90. The lowest BCUT2D eigenvalue weighted by molar-refractivity contribution is 0.0746. The summed E-state index contributed by atoms with van der Waals surface area (Å²) in [7, 11) is 0. The summed E-state index contributed by atoms with van der Waals surface area (Å²) in [6.07, 6.45) is 0. The van der Waals surface area contributed by atoms with Gasteiger partial charge in [0, 0.05) is 31.7 Å². The van der Waals surface area contributed by atoms with E-state index in [0.29, 0.717) is 0 Å². The molecule has 3 aromatic rings. The van der Waals surface area contributed by atoms with Crippen LogP contribution >= 0.6 is 11.3 Å². The molecule has 5 heteroatoms. The summed E-state index contributed by atoms with van der Waals surface area (Å²) in [6.45, 7) is 7.23. The molecular weight excluding hydrogens is 330 g/mol. The molecule has 2 heterocycles. The molecular formula is C20H21N3OS. The SMILES string of the molecule is Cc1ccccc1C(=O)N1CCN(c2nc3c(C)cccc3s2)CC1. The summed E-state index contributed by atoms with van der Waals surface area (Å²) in [4.78, 5) is 21.8. The Bertz CT molecular complexity index is 926. The molecule has 1 aromatic heterocycles. The van der Waals surface area contributed by atoms with Crippen molar-refractivity contribution in [1.29, 1.82) is 0 Å². The number of nitrogens with zero attached hydrogens (tertiary/aromatic N) is 3. The highest BCUT2D eigenvalue weighted by Crippen LogP contribution is 2.31. The van der Waals surface area contributed by atoms with Crippen molar-refractivity contribution in [2.75, 3.05) is 31.1 Å². The average Bonchev–Trinajstić information content (AvgIpc) is 3.07. The molecule has 0 aliphatic carbocycles. The number of amides is 1. The van der Waals surface area contributed by atoms with E-state index in [1.807, 2.05) is 36.1 Å². The van der Waals surface area contributed by atoms with Crippen molar-refractivity contribution in [3.05, 3.63) is 59.2 Å². The Morgan fingerprint density at radius 1 is 0.960 bits per heavy atom. The molecule has 4 rings (SSSR count). The summed E-state index contributed by atoms with van der Waals surface area (Å²) in [5, 5.41) is 1.06. The molecule has 0 saturated carbocycles. The topological polar surface area (TPSA) is 36.4 Å². The van der Waals surface area contributed by atoms with Crippen LogP contribution in [0.4, 0.5) is 5.13 Å². The number of carbonyl (C=O) groups is 1. The molecule has 2 aromatic carbocycles. The van der Waals surface area contributed by atoms with Gasteiger partial charge < -0.3 is 9.80 Å². The van der Waals surface area contributed by atoms with Crippen LogP contribution in [0.15, 0.2) is 42.5 Å². The van der Waals surface area contributed by atoms with Gasteiger partial charge in [-0.2, -0.15) is 0 Å². The van der Waals surface area contributed by atoms with Gasteiger partial charge in [-0.1, -0.05) is 41.7 Å². The molecule has 0 bridgehead atoms. The highest BCUT2D eigenvalue weighted by molar-refractivity contribution is 7.22. The smallest absolute Gasteiger partial charge is 0.254 e. The highest BCUT2D eigenvalue weighted by atomic mass is 32.1. The first-order chi connectivity index (χ1) is 12.1. The zero-order valence-electron chi connectivity index (χ0n) is 14.5. The number of para-hydroxylation sites is 1. The number of piperazine rings is 1. The zero-order valence-corrected chi connectivity index (χ0v) is 15.3. The molecule has 1 amide bonds. The third kappa shape index (κ3) is 3.00. The lowest BCUT2D eigenvalue weighted by Gasteiger charge is -2.34. The zero-order chi connectivity index (χ0) is 17.4. The number of fused-ring (bicyclic) bond motifs is 1. The Hall–Kier alpha value is -2.40. The second-order valence-corrected chi connectivity index (χ2v) is 7.52. The number of carbonyl (C=O) groups excluding carboxylic acids is 1. The lowest BCUT2D eigenvalue weighted by Crippen LogP contribution is -2.48. The number of rotatable bonds is 2. The van der Waals surface area contributed by atoms with Gasteiger partial charge in [-0.15, -0.1) is 0 Å². The van der Waals surface area contributed by atoms with Gasteiger partial charge in [0.1, 0.15) is 0 Å². The van der Waals surface area contributed by atoms with Gasteiger partial charge >= 0.3 is 0 Å². The average molecular weight is 351 g/mol. The second kappa shape index (κ2) is 6.48. The minimum Gasteiger partial charge on any atom is -0.345 e. The number of thiazole rings is 1. The van der Waals surface area contributed by atoms with Crippen LogP contribution < -0.4 is 4.90 Å². The molecule has 1 fully saturated rings. The van der Waals surface area contributed by atoms with E-state index in [-0.39, 0.29) is 5.91 Å². The fraction of sp³-hybridized carbons (Fsp3) is 0.300. The van der Waals surface area contributed by atoms with Crippen LogP contribution in [-0.4, -0.2) is 42.0 Å². The second-order valence-electron chi connectivity index (χ2n) is 6.51. The van der Waals surface area contributed by atoms with Gasteiger partial charge in [-0.3, -0.25) is 4.79 Å². The quantitative estimate of drug-likeness (QED) is 0.703. The molecule has 4 nitrogen and oxygen atoms in total. The number of hydrogen-bond donors (Lipinski definition) is 0. The standard InChI is InChI=1S/C20H21N3OS/c1-14-6-3-4-8-16(14)19(24)22-10-12-23(13-11-22)20-21-18-15(2)7-5-9-17(18)25-20/h3-9H,10-13H2,1-2H3. The van der Waals surface area contributed by atoms with Gasteiger partial charge in [0.15, 0.2) is 5.13 Å². The van der Waals surface area contributed by atoms with Crippen LogP contribution in [0.3, 0.4) is 0 Å². The monoisotopic (exact) mass is 351 g/mol. The Labute approximate surface area is 151 Å². The first-order valence-corrected chi connectivity index (χ1v) is 9.41. The van der Waals surface area contributed by atoms with Crippen molar-refractivity contribution in [1.82, 2.24) is 9.88 Å². The van der Waals surface area contributed by atoms with Gasteiger partial charge in [0.25, 0.3) is 5.91 Å². The summed E-state index contributed by atoms with van der Waals surface area (Å²) in [5.41, 5.74) is 4.16. The molecule has 0 radical (unpaired) electrons. The Kier molecular flexibility index (Phi) is 4.17. The molecule has 25 heavy (non-hydrogen) atoms. The normalized spacial score (nSPS) is 15.0. The van der Waals surface area contributed by atoms with E-state index in [2.05, 4.69) is 30.0 Å². The maximum absolute atomic E-state index is 12.7. The molecule has 0 N–H and O–H groups in total. The number of anilines is 1. The van der Waals surface area contributed by atoms with Gasteiger partial charge in [-0.25, -0.2) is 4.98 Å². The van der Waals surface area contributed by atoms with Crippen LogP contribution in [0.1, 0.15) is 21.5 Å². The van der Waals surface area contributed by atoms with Crippen molar-refractivity contribution in [3.8, 4) is 0 Å². The van der Waals surface area contributed by atoms with Crippen LogP contribution in [0.25, 0.3) is 10.2 Å². The number of aromatic nitrogens is 1. The summed E-state index contributed by atoms with van der Waals surface area (Å²) < 4.78 is 1.23. The summed E-state index contributed by atoms with van der Waals surface area (Å²) in [5.74, 6) is 0.137. The molecule has 1 aliphatic rings. The van der Waals surface area contributed by atoms with Crippen molar-refractivity contribution >= 4 is 32.6 Å². The molecule has 0 spiro atoms. The van der Waals surface area contributed by atoms with Crippen molar-refractivity contribution in [2.45, 2.75) is 13.8 Å². The first kappa shape index (κ1) is 16.1. The highest BCUT2D eigenvalue weighted by Gasteiger charge is 2.24. The molecule has 0 atom stereocenters. The fourth-order valence-electron chi connectivity index (χ4n) is 3.29. The Morgan fingerprint density at radius 2 is 1.68 bits per heavy atom. The Morgan fingerprint density at radius 3 is 2.40 bits per heavy atom. The molecule has 1 saturated heterocycles. The lowest BCUT2D eigenvalue weighted by atomic mass is 10.1. The minimum atomic E-state index is 0.137. The van der Waals surface area contributed by atoms with E-state index in [1.54, 1.807) is 11.3 Å². The molecule has 128 valence electrons. The molecule has 1 aliphatic heterocycles. The fourth-order valence-corrected chi connectivity index (χ4v) is 4.39. The van der Waals surface area contributed by atoms with E-state index in [1.165, 1.54) is 10.3 Å². The maximum Gasteiger partial charge on any atom is 0.254 e. The van der Waals surface area contributed by atoms with Crippen molar-refractivity contribution < 1.29 is 4.79 Å². The molecule has 0 unspecified atom stereocenters. The Balaban J connectivity index is 1.48. The van der Waals surface area contributed by atoms with Crippen LogP contribution in [0.5, 0.6) is 0 Å². The van der Waals surface area contributed by atoms with Gasteiger partial charge in [0.2, 0.25) is 0 Å². The minimum absolute atomic E-state index is 0.137. The predicted molar refractivity (Wildman–Crippen MR) is 104 cm³/mol. The number of aryl methyl sites for hydroxylation is 2. The van der Waals surface area contributed by atoms with Crippen LogP contribution in [-0.2, 0) is 0 Å². The van der Waals surface area contributed by atoms with Crippen LogP contribution in [0, 0.1) is 13.8 Å². The van der Waals surface area contributed by atoms with E-state index in [0.717, 1.165) is 48.0 Å². The van der Waals surface area contributed by atoms with Crippen molar-refractivity contribution in [3.63, 3.8) is 0 Å². The number of hydrogen-bond acceptors (Lipinski definition) is 4. The largest absolute Gasteiger partial charge is 0.345 e. The first-order valence-electron chi connectivity index (χ1n) is 8.59. The summed E-state index contributed by atoms with van der Waals surface area (Å²) in [6, 6.07) is 14.1. The van der Waals surface area contributed by atoms with Crippen LogP contribution in [0.2, 0.25) is 0 Å². The predicted octanol–water partition coefficient (Wildman–Crippen LogP) is 3.88. The van der Waals surface area contributed by atoms with E-state index < -0.39 is 0 Å². The van der Waals surface area contributed by atoms with Gasteiger partial charge in [0.05, 0.1) is 10.2 Å². The van der Waals surface area contributed by atoms with E-state index >= 15 is 0 Å². The van der Waals surface area contributed by atoms with E-state index in [4.69, 9.17) is 4.98 Å². The van der Waals surface area contributed by atoms with Gasteiger partial charge in [-0.05, 0) is 37.1 Å². The third-order valence-electron chi connectivity index (χ3n) is 4.82.